The van der Waals surface area contributed by atoms with Gasteiger partial charge in [0.1, 0.15) is 5.75 Å². The highest BCUT2D eigenvalue weighted by Gasteiger charge is 2.13. The molecule has 1 N–H and O–H groups in total. The maximum atomic E-state index is 12.3. The number of rotatable bonds is 9. The molecule has 3 aromatic rings. The second kappa shape index (κ2) is 11.2. The first-order valence-corrected chi connectivity index (χ1v) is 10.0. The van der Waals surface area contributed by atoms with Gasteiger partial charge in [-0.05, 0) is 55.0 Å². The molecule has 0 bridgehead atoms. The highest BCUT2D eigenvalue weighted by Crippen LogP contribution is 2.28. The summed E-state index contributed by atoms with van der Waals surface area (Å²) in [6.45, 7) is 1.60. The predicted octanol–water partition coefficient (Wildman–Crippen LogP) is 3.66. The normalized spacial score (nSPS) is 10.5. The van der Waals surface area contributed by atoms with Crippen LogP contribution >= 0.6 is 0 Å². The van der Waals surface area contributed by atoms with Gasteiger partial charge in [-0.15, -0.1) is 0 Å². The topological polar surface area (TPSA) is 129 Å². The van der Waals surface area contributed by atoms with Crippen molar-refractivity contribution < 1.29 is 28.7 Å². The number of benzene rings is 3. The van der Waals surface area contributed by atoms with Crippen LogP contribution in [-0.4, -0.2) is 36.7 Å². The molecule has 0 fully saturated rings. The lowest BCUT2D eigenvalue weighted by Crippen LogP contribution is -2.24. The quantitative estimate of drug-likeness (QED) is 0.169. The van der Waals surface area contributed by atoms with Crippen LogP contribution in [0, 0.1) is 17.0 Å². The van der Waals surface area contributed by atoms with Crippen LogP contribution in [-0.2, 0) is 4.79 Å². The van der Waals surface area contributed by atoms with E-state index in [0.29, 0.717) is 22.6 Å². The summed E-state index contributed by atoms with van der Waals surface area (Å²) in [7, 11) is 1.44. The number of non-ortho nitro benzene ring substituents is 1. The number of esters is 1. The molecular formula is C24H21N3O7. The Kier molecular flexibility index (Phi) is 7.90. The van der Waals surface area contributed by atoms with Gasteiger partial charge in [-0.25, -0.2) is 10.2 Å². The number of nitro groups is 1. The molecule has 1 amide bonds. The molecule has 0 aromatic heterocycles. The summed E-state index contributed by atoms with van der Waals surface area (Å²) >= 11 is 0. The SMILES string of the molecule is COc1cc(/C=N\NC(=O)COc2ccc([N+](=O)[O-])cc2)ccc1OC(=O)c1ccc(C)cc1. The van der Waals surface area contributed by atoms with E-state index in [-0.39, 0.29) is 18.0 Å². The lowest BCUT2D eigenvalue weighted by Gasteiger charge is -2.10. The van der Waals surface area contributed by atoms with Crippen molar-refractivity contribution in [2.24, 2.45) is 5.10 Å². The third-order valence-corrected chi connectivity index (χ3v) is 4.50. The van der Waals surface area contributed by atoms with Crippen molar-refractivity contribution in [1.82, 2.24) is 5.43 Å². The molecule has 0 heterocycles. The minimum Gasteiger partial charge on any atom is -0.493 e. The van der Waals surface area contributed by atoms with Crippen LogP contribution in [0.2, 0.25) is 0 Å². The van der Waals surface area contributed by atoms with Crippen LogP contribution in [0.3, 0.4) is 0 Å². The van der Waals surface area contributed by atoms with Gasteiger partial charge < -0.3 is 14.2 Å². The van der Waals surface area contributed by atoms with Gasteiger partial charge in [-0.1, -0.05) is 17.7 Å². The first kappa shape index (κ1) is 23.9. The Bertz CT molecular complexity index is 1210. The largest absolute Gasteiger partial charge is 0.493 e. The molecule has 0 aliphatic carbocycles. The van der Waals surface area contributed by atoms with Crippen LogP contribution in [0.1, 0.15) is 21.5 Å². The Balaban J connectivity index is 1.54. The average Bonchev–Trinajstić information content (AvgIpc) is 2.84. The summed E-state index contributed by atoms with van der Waals surface area (Å²) in [4.78, 5) is 34.4. The molecule has 0 radical (unpaired) electrons. The Morgan fingerprint density at radius 3 is 2.38 bits per heavy atom. The van der Waals surface area contributed by atoms with Gasteiger partial charge in [-0.2, -0.15) is 5.10 Å². The van der Waals surface area contributed by atoms with E-state index in [0.717, 1.165) is 5.56 Å². The average molecular weight is 463 g/mol. The lowest BCUT2D eigenvalue weighted by molar-refractivity contribution is -0.384. The summed E-state index contributed by atoms with van der Waals surface area (Å²) in [6.07, 6.45) is 1.39. The number of carbonyl (C=O) groups is 2. The molecule has 0 saturated carbocycles. The van der Waals surface area contributed by atoms with Crippen molar-refractivity contribution in [3.05, 3.63) is 93.5 Å². The summed E-state index contributed by atoms with van der Waals surface area (Å²) in [5.41, 5.74) is 4.27. The summed E-state index contributed by atoms with van der Waals surface area (Å²) < 4.78 is 16.0. The maximum absolute atomic E-state index is 12.3. The number of nitro benzene ring substituents is 1. The van der Waals surface area contributed by atoms with Gasteiger partial charge in [0.15, 0.2) is 18.1 Å². The van der Waals surface area contributed by atoms with Crippen LogP contribution in [0.15, 0.2) is 71.8 Å². The molecule has 0 aliphatic heterocycles. The van der Waals surface area contributed by atoms with Crippen LogP contribution < -0.4 is 19.6 Å². The first-order valence-electron chi connectivity index (χ1n) is 10.0. The first-order chi connectivity index (χ1) is 16.4. The maximum Gasteiger partial charge on any atom is 0.343 e. The minimum absolute atomic E-state index is 0.0761. The second-order valence-corrected chi connectivity index (χ2v) is 7.00. The Hall–Kier alpha value is -4.73. The number of hydrazone groups is 1. The van der Waals surface area contributed by atoms with E-state index in [1.54, 1.807) is 30.3 Å². The highest BCUT2D eigenvalue weighted by molar-refractivity contribution is 5.91. The van der Waals surface area contributed by atoms with Crippen LogP contribution in [0.25, 0.3) is 0 Å². The Labute approximate surface area is 194 Å². The van der Waals surface area contributed by atoms with Gasteiger partial charge in [0.05, 0.1) is 23.8 Å². The lowest BCUT2D eigenvalue weighted by atomic mass is 10.1. The van der Waals surface area contributed by atoms with E-state index in [2.05, 4.69) is 10.5 Å². The van der Waals surface area contributed by atoms with E-state index >= 15 is 0 Å². The van der Waals surface area contributed by atoms with Gasteiger partial charge >= 0.3 is 5.97 Å². The van der Waals surface area contributed by atoms with Crippen LogP contribution in [0.4, 0.5) is 5.69 Å². The summed E-state index contributed by atoms with van der Waals surface area (Å²) in [6, 6.07) is 17.1. The van der Waals surface area contributed by atoms with E-state index in [9.17, 15) is 19.7 Å². The number of ether oxygens (including phenoxy) is 3. The summed E-state index contributed by atoms with van der Waals surface area (Å²) in [5.74, 6) is -0.168. The van der Waals surface area contributed by atoms with Crippen LogP contribution in [0.5, 0.6) is 17.2 Å². The molecular weight excluding hydrogens is 442 g/mol. The number of methoxy groups -OCH3 is 1. The fraction of sp³-hybridized carbons (Fsp3) is 0.125. The van der Waals surface area contributed by atoms with Gasteiger partial charge in [0.2, 0.25) is 0 Å². The molecule has 3 rings (SSSR count). The minimum atomic E-state index is -0.527. The highest BCUT2D eigenvalue weighted by atomic mass is 16.6. The molecule has 0 spiro atoms. The van der Waals surface area contributed by atoms with Crippen molar-refractivity contribution in [1.29, 1.82) is 0 Å². The second-order valence-electron chi connectivity index (χ2n) is 7.00. The predicted molar refractivity (Wildman–Crippen MR) is 123 cm³/mol. The molecule has 3 aromatic carbocycles. The molecule has 34 heavy (non-hydrogen) atoms. The van der Waals surface area contributed by atoms with Gasteiger partial charge in [0.25, 0.3) is 11.6 Å². The number of hydrogen-bond donors (Lipinski definition) is 1. The van der Waals surface area contributed by atoms with E-state index < -0.39 is 16.8 Å². The Morgan fingerprint density at radius 2 is 1.74 bits per heavy atom. The number of aryl methyl sites for hydroxylation is 1. The molecule has 0 unspecified atom stereocenters. The number of amides is 1. The molecule has 0 aliphatic rings. The van der Waals surface area contributed by atoms with E-state index in [1.807, 2.05) is 19.1 Å². The zero-order valence-electron chi connectivity index (χ0n) is 18.4. The van der Waals surface area contributed by atoms with E-state index in [1.165, 1.54) is 37.6 Å². The van der Waals surface area contributed by atoms with Crippen molar-refractivity contribution in [2.75, 3.05) is 13.7 Å². The number of nitrogens with zero attached hydrogens (tertiary/aromatic N) is 2. The van der Waals surface area contributed by atoms with Crippen molar-refractivity contribution in [3.8, 4) is 17.2 Å². The van der Waals surface area contributed by atoms with E-state index in [4.69, 9.17) is 14.2 Å². The third-order valence-electron chi connectivity index (χ3n) is 4.50. The molecule has 0 saturated heterocycles. The number of nitrogens with one attached hydrogen (secondary N) is 1. The monoisotopic (exact) mass is 463 g/mol. The smallest absolute Gasteiger partial charge is 0.343 e. The fourth-order valence-corrected chi connectivity index (χ4v) is 2.72. The molecule has 0 atom stereocenters. The summed E-state index contributed by atoms with van der Waals surface area (Å²) in [5, 5.41) is 14.5. The van der Waals surface area contributed by atoms with Gasteiger partial charge in [-0.3, -0.25) is 14.9 Å². The number of carbonyl (C=O) groups excluding carboxylic acids is 2. The van der Waals surface area contributed by atoms with Gasteiger partial charge in [0, 0.05) is 12.1 Å². The third kappa shape index (κ3) is 6.63. The van der Waals surface area contributed by atoms with Crippen molar-refractivity contribution >= 4 is 23.8 Å². The van der Waals surface area contributed by atoms with Crippen molar-refractivity contribution in [3.63, 3.8) is 0 Å². The molecule has 174 valence electrons. The zero-order chi connectivity index (χ0) is 24.5. The Morgan fingerprint density at radius 1 is 1.03 bits per heavy atom. The van der Waals surface area contributed by atoms with Crippen molar-refractivity contribution in [2.45, 2.75) is 6.92 Å². The zero-order valence-corrected chi connectivity index (χ0v) is 18.4. The molecule has 10 heteroatoms. The standard InChI is InChI=1S/C24H21N3O7/c1-16-3-6-18(7-4-16)24(29)34-21-12-5-17(13-22(21)32-2)14-25-26-23(28)15-33-20-10-8-19(9-11-20)27(30)31/h3-14H,15H2,1-2H3,(H,26,28)/b25-14-. The number of hydrogen-bond acceptors (Lipinski definition) is 8. The fourth-order valence-electron chi connectivity index (χ4n) is 2.72. The molecule has 10 nitrogen and oxygen atoms in total.